The van der Waals surface area contributed by atoms with Crippen LogP contribution < -0.4 is 10.6 Å². The summed E-state index contributed by atoms with van der Waals surface area (Å²) in [7, 11) is 0. The molecule has 94 valence electrons. The molecule has 1 aromatic heterocycles. The van der Waals surface area contributed by atoms with Crippen molar-refractivity contribution in [2.45, 2.75) is 32.3 Å². The van der Waals surface area contributed by atoms with Crippen LogP contribution >= 0.6 is 0 Å². The molecule has 1 unspecified atom stereocenters. The van der Waals surface area contributed by atoms with E-state index < -0.39 is 0 Å². The van der Waals surface area contributed by atoms with Crippen molar-refractivity contribution in [3.8, 4) is 0 Å². The third-order valence-electron chi connectivity index (χ3n) is 2.93. The second-order valence-corrected chi connectivity index (χ2v) is 4.40. The summed E-state index contributed by atoms with van der Waals surface area (Å²) in [5, 5.41) is 8.00. The average Bonchev–Trinajstić information content (AvgIpc) is 2.37. The Morgan fingerprint density at radius 2 is 2.35 bits per heavy atom. The standard InChI is InChI=1S/C12H20N4O/c1-2-8-17-10-4-3-7-16(9-10)12-6-5-11(13)14-15-12/h5-6,10H,2-4,7-9H2,1H3,(H2,13,14). The molecule has 5 nitrogen and oxygen atoms in total. The van der Waals surface area contributed by atoms with Crippen molar-refractivity contribution in [3.05, 3.63) is 12.1 Å². The van der Waals surface area contributed by atoms with Gasteiger partial charge < -0.3 is 15.4 Å². The average molecular weight is 236 g/mol. The first-order chi connectivity index (χ1) is 8.29. The molecule has 0 bridgehead atoms. The van der Waals surface area contributed by atoms with Gasteiger partial charge in [0.25, 0.3) is 0 Å². The molecule has 1 aliphatic heterocycles. The molecule has 0 radical (unpaired) electrons. The first-order valence-electron chi connectivity index (χ1n) is 6.25. The summed E-state index contributed by atoms with van der Waals surface area (Å²) in [6.45, 7) is 4.89. The molecule has 2 N–H and O–H groups in total. The lowest BCUT2D eigenvalue weighted by Gasteiger charge is -2.33. The van der Waals surface area contributed by atoms with Crippen LogP contribution in [0.1, 0.15) is 26.2 Å². The van der Waals surface area contributed by atoms with Gasteiger partial charge in [-0.25, -0.2) is 0 Å². The first-order valence-corrected chi connectivity index (χ1v) is 6.25. The van der Waals surface area contributed by atoms with Gasteiger partial charge in [0.1, 0.15) is 5.82 Å². The smallest absolute Gasteiger partial charge is 0.151 e. The van der Waals surface area contributed by atoms with Crippen LogP contribution in [0, 0.1) is 0 Å². The summed E-state index contributed by atoms with van der Waals surface area (Å²) >= 11 is 0. The second-order valence-electron chi connectivity index (χ2n) is 4.40. The molecule has 17 heavy (non-hydrogen) atoms. The zero-order valence-corrected chi connectivity index (χ0v) is 10.3. The maximum atomic E-state index is 5.79. The number of ether oxygens (including phenoxy) is 1. The molecule has 2 rings (SSSR count). The second kappa shape index (κ2) is 5.82. The zero-order chi connectivity index (χ0) is 12.1. The van der Waals surface area contributed by atoms with E-state index in [0.717, 1.165) is 44.8 Å². The fraction of sp³-hybridized carbons (Fsp3) is 0.667. The van der Waals surface area contributed by atoms with Gasteiger partial charge in [0, 0.05) is 19.7 Å². The topological polar surface area (TPSA) is 64.3 Å². The molecular formula is C12H20N4O. The van der Waals surface area contributed by atoms with Crippen molar-refractivity contribution in [2.24, 2.45) is 0 Å². The highest BCUT2D eigenvalue weighted by molar-refractivity contribution is 5.41. The van der Waals surface area contributed by atoms with Gasteiger partial charge in [0.2, 0.25) is 0 Å². The number of aromatic nitrogens is 2. The van der Waals surface area contributed by atoms with Crippen LogP contribution in [0.4, 0.5) is 11.6 Å². The number of nitrogen functional groups attached to an aromatic ring is 1. The van der Waals surface area contributed by atoms with Crippen molar-refractivity contribution in [3.63, 3.8) is 0 Å². The molecule has 0 saturated carbocycles. The predicted molar refractivity (Wildman–Crippen MR) is 67.9 cm³/mol. The fourth-order valence-electron chi connectivity index (χ4n) is 2.07. The van der Waals surface area contributed by atoms with Gasteiger partial charge in [-0.3, -0.25) is 0 Å². The van der Waals surface area contributed by atoms with E-state index in [-0.39, 0.29) is 0 Å². The Labute approximate surface area is 102 Å². The molecule has 2 heterocycles. The molecule has 1 saturated heterocycles. The van der Waals surface area contributed by atoms with Crippen molar-refractivity contribution in [1.29, 1.82) is 0 Å². The lowest BCUT2D eigenvalue weighted by atomic mass is 10.1. The molecule has 0 aromatic carbocycles. The summed E-state index contributed by atoms with van der Waals surface area (Å²) in [6.07, 6.45) is 3.67. The maximum Gasteiger partial charge on any atom is 0.151 e. The van der Waals surface area contributed by atoms with Gasteiger partial charge in [-0.05, 0) is 31.4 Å². The maximum absolute atomic E-state index is 5.79. The fourth-order valence-corrected chi connectivity index (χ4v) is 2.07. The quantitative estimate of drug-likeness (QED) is 0.857. The zero-order valence-electron chi connectivity index (χ0n) is 10.3. The Morgan fingerprint density at radius 3 is 3.06 bits per heavy atom. The van der Waals surface area contributed by atoms with Crippen LogP contribution in [0.15, 0.2) is 12.1 Å². The molecule has 1 aromatic rings. The largest absolute Gasteiger partial charge is 0.382 e. The van der Waals surface area contributed by atoms with Gasteiger partial charge in [0.15, 0.2) is 5.82 Å². The Bertz CT molecular complexity index is 341. The highest BCUT2D eigenvalue weighted by atomic mass is 16.5. The minimum Gasteiger partial charge on any atom is -0.382 e. The molecule has 1 atom stereocenters. The Balaban J connectivity index is 1.94. The molecule has 1 aliphatic rings. The van der Waals surface area contributed by atoms with Crippen LogP contribution in [-0.4, -0.2) is 36.0 Å². The van der Waals surface area contributed by atoms with Gasteiger partial charge in [0.05, 0.1) is 6.10 Å². The summed E-state index contributed by atoms with van der Waals surface area (Å²) in [5.41, 5.74) is 5.53. The third-order valence-corrected chi connectivity index (χ3v) is 2.93. The van der Waals surface area contributed by atoms with E-state index in [4.69, 9.17) is 10.5 Å². The number of piperidine rings is 1. The Morgan fingerprint density at radius 1 is 1.47 bits per heavy atom. The lowest BCUT2D eigenvalue weighted by Crippen LogP contribution is -2.40. The van der Waals surface area contributed by atoms with Crippen molar-refractivity contribution >= 4 is 11.6 Å². The molecule has 5 heteroatoms. The Hall–Kier alpha value is -1.36. The van der Waals surface area contributed by atoms with Crippen LogP contribution in [0.3, 0.4) is 0 Å². The lowest BCUT2D eigenvalue weighted by molar-refractivity contribution is 0.0439. The normalized spacial score (nSPS) is 20.5. The minimum atomic E-state index is 0.322. The van der Waals surface area contributed by atoms with Gasteiger partial charge in [-0.1, -0.05) is 6.92 Å². The third kappa shape index (κ3) is 3.30. The monoisotopic (exact) mass is 236 g/mol. The molecule has 0 spiro atoms. The van der Waals surface area contributed by atoms with E-state index >= 15 is 0 Å². The molecule has 0 aliphatic carbocycles. The van der Waals surface area contributed by atoms with E-state index in [1.807, 2.05) is 6.07 Å². The number of nitrogens with zero attached hydrogens (tertiary/aromatic N) is 3. The highest BCUT2D eigenvalue weighted by Gasteiger charge is 2.21. The first kappa shape index (κ1) is 12.1. The van der Waals surface area contributed by atoms with E-state index in [1.54, 1.807) is 6.07 Å². The van der Waals surface area contributed by atoms with E-state index in [1.165, 1.54) is 0 Å². The van der Waals surface area contributed by atoms with E-state index in [9.17, 15) is 0 Å². The summed E-state index contributed by atoms with van der Waals surface area (Å²) < 4.78 is 5.79. The number of nitrogens with two attached hydrogens (primary N) is 1. The van der Waals surface area contributed by atoms with Gasteiger partial charge >= 0.3 is 0 Å². The number of rotatable bonds is 4. The number of hydrogen-bond donors (Lipinski definition) is 1. The van der Waals surface area contributed by atoms with Crippen LogP contribution in [0.2, 0.25) is 0 Å². The summed E-state index contributed by atoms with van der Waals surface area (Å²) in [4.78, 5) is 2.22. The Kier molecular flexibility index (Phi) is 4.14. The van der Waals surface area contributed by atoms with Crippen molar-refractivity contribution < 1.29 is 4.74 Å². The van der Waals surface area contributed by atoms with E-state index in [2.05, 4.69) is 22.0 Å². The van der Waals surface area contributed by atoms with Crippen LogP contribution in [-0.2, 0) is 4.74 Å². The predicted octanol–water partition coefficient (Wildman–Crippen LogP) is 1.45. The minimum absolute atomic E-state index is 0.322. The van der Waals surface area contributed by atoms with Crippen molar-refractivity contribution in [1.82, 2.24) is 10.2 Å². The molecular weight excluding hydrogens is 216 g/mol. The molecule has 1 fully saturated rings. The summed E-state index contributed by atoms with van der Waals surface area (Å²) in [5.74, 6) is 1.36. The van der Waals surface area contributed by atoms with Crippen molar-refractivity contribution in [2.75, 3.05) is 30.3 Å². The summed E-state index contributed by atoms with van der Waals surface area (Å²) in [6, 6.07) is 3.71. The van der Waals surface area contributed by atoms with Gasteiger partial charge in [-0.15, -0.1) is 10.2 Å². The molecule has 0 amide bonds. The number of anilines is 2. The van der Waals surface area contributed by atoms with Crippen LogP contribution in [0.5, 0.6) is 0 Å². The van der Waals surface area contributed by atoms with E-state index in [0.29, 0.717) is 11.9 Å². The van der Waals surface area contributed by atoms with Crippen LogP contribution in [0.25, 0.3) is 0 Å². The SMILES string of the molecule is CCCOC1CCCN(c2ccc(N)nn2)C1. The highest BCUT2D eigenvalue weighted by Crippen LogP contribution is 2.19. The number of hydrogen-bond acceptors (Lipinski definition) is 5. The van der Waals surface area contributed by atoms with Gasteiger partial charge in [-0.2, -0.15) is 0 Å².